The molecule has 4 heteroatoms. The van der Waals surface area contributed by atoms with E-state index < -0.39 is 15.9 Å². The summed E-state index contributed by atoms with van der Waals surface area (Å²) in [6.45, 7) is 3.96. The van der Waals surface area contributed by atoms with E-state index in [2.05, 4.69) is 0 Å². The molecular weight excluding hydrogens is 260 g/mol. The Bertz CT molecular complexity index is 489. The zero-order chi connectivity index (χ0) is 14.1. The maximum Gasteiger partial charge on any atom is 0.174 e. The fourth-order valence-corrected chi connectivity index (χ4v) is 4.00. The number of hydrogen-bond donors (Lipinski definition) is 0. The zero-order valence-corrected chi connectivity index (χ0v) is 12.9. The summed E-state index contributed by atoms with van der Waals surface area (Å²) in [5, 5.41) is 0. The quantitative estimate of drug-likeness (QED) is 0.730. The van der Waals surface area contributed by atoms with Gasteiger partial charge in [-0.2, -0.15) is 0 Å². The molecule has 0 N–H and O–H groups in total. The molecule has 108 valence electrons. The first-order valence-corrected chi connectivity index (χ1v) is 8.95. The van der Waals surface area contributed by atoms with E-state index in [4.69, 9.17) is 4.74 Å². The number of sulfone groups is 1. The van der Waals surface area contributed by atoms with Crippen LogP contribution < -0.4 is 0 Å². The topological polar surface area (TPSA) is 43.4 Å². The number of rotatable bonds is 2. The third kappa shape index (κ3) is 3.48. The molecule has 0 radical (unpaired) electrons. The van der Waals surface area contributed by atoms with E-state index in [1.807, 2.05) is 26.0 Å². The summed E-state index contributed by atoms with van der Waals surface area (Å²) in [4.78, 5) is 0.435. The van der Waals surface area contributed by atoms with Gasteiger partial charge in [-0.05, 0) is 33.1 Å². The van der Waals surface area contributed by atoms with Crippen LogP contribution in [0.15, 0.2) is 22.6 Å². The van der Waals surface area contributed by atoms with E-state index in [0.717, 1.165) is 24.8 Å². The number of allylic oxidation sites excluding steroid dienone is 1. The highest BCUT2D eigenvalue weighted by atomic mass is 32.2. The lowest BCUT2D eigenvalue weighted by Gasteiger charge is -2.42. The van der Waals surface area contributed by atoms with E-state index in [-0.39, 0.29) is 5.60 Å². The van der Waals surface area contributed by atoms with Crippen LogP contribution in [0.25, 0.3) is 0 Å². The summed E-state index contributed by atoms with van der Waals surface area (Å²) < 4.78 is 30.0. The molecule has 1 fully saturated rings. The zero-order valence-electron chi connectivity index (χ0n) is 12.1. The molecule has 1 spiro atoms. The van der Waals surface area contributed by atoms with Gasteiger partial charge in [-0.3, -0.25) is 0 Å². The first-order valence-electron chi connectivity index (χ1n) is 7.05. The molecule has 1 saturated carbocycles. The third-order valence-corrected chi connectivity index (χ3v) is 5.27. The van der Waals surface area contributed by atoms with Crippen LogP contribution in [0, 0.1) is 0 Å². The minimum Gasteiger partial charge on any atom is -0.362 e. The number of hydrogen-bond acceptors (Lipinski definition) is 3. The van der Waals surface area contributed by atoms with Crippen molar-refractivity contribution in [2.75, 3.05) is 6.26 Å². The van der Waals surface area contributed by atoms with Crippen LogP contribution in [0.5, 0.6) is 0 Å². The highest BCUT2D eigenvalue weighted by Crippen LogP contribution is 2.41. The molecule has 2 rings (SSSR count). The normalized spacial score (nSPS) is 26.9. The van der Waals surface area contributed by atoms with Crippen molar-refractivity contribution >= 4 is 9.84 Å². The van der Waals surface area contributed by atoms with E-state index in [0.29, 0.717) is 4.91 Å². The predicted octanol–water partition coefficient (Wildman–Crippen LogP) is 3.37. The van der Waals surface area contributed by atoms with Crippen molar-refractivity contribution in [3.05, 3.63) is 22.6 Å². The summed E-state index contributed by atoms with van der Waals surface area (Å²) >= 11 is 0. The molecule has 0 aromatic heterocycles. The molecule has 1 atom stereocenters. The molecular formula is C15H24O3S. The molecule has 1 aliphatic carbocycles. The van der Waals surface area contributed by atoms with E-state index in [1.54, 1.807) is 0 Å². The van der Waals surface area contributed by atoms with E-state index in [1.165, 1.54) is 25.5 Å². The predicted molar refractivity (Wildman–Crippen MR) is 77.7 cm³/mol. The Balaban J connectivity index is 2.32. The van der Waals surface area contributed by atoms with Crippen molar-refractivity contribution in [3.8, 4) is 0 Å². The van der Waals surface area contributed by atoms with Crippen molar-refractivity contribution in [1.29, 1.82) is 0 Å². The largest absolute Gasteiger partial charge is 0.362 e. The van der Waals surface area contributed by atoms with Crippen molar-refractivity contribution < 1.29 is 13.2 Å². The van der Waals surface area contributed by atoms with Crippen LogP contribution in [0.3, 0.4) is 0 Å². The fraction of sp³-hybridized carbons (Fsp3) is 0.733. The molecule has 0 aromatic carbocycles. The minimum absolute atomic E-state index is 0.122. The van der Waals surface area contributed by atoms with Crippen molar-refractivity contribution in [2.45, 2.75) is 64.1 Å². The maximum absolute atomic E-state index is 11.9. The Kier molecular flexibility index (Phi) is 4.21. The average Bonchev–Trinajstić information content (AvgIpc) is 2.27. The highest BCUT2D eigenvalue weighted by Gasteiger charge is 2.40. The van der Waals surface area contributed by atoms with E-state index >= 15 is 0 Å². The standard InChI is InChI=1S/C15H24O3S/c1-12(2)11-13-14(19(3,16)17)7-10-15(18-13)8-5-4-6-9-15/h7,11,13H,4-6,8-10H2,1-3H3. The first-order chi connectivity index (χ1) is 8.82. The molecule has 0 amide bonds. The molecule has 0 bridgehead atoms. The van der Waals surface area contributed by atoms with Gasteiger partial charge in [0.15, 0.2) is 9.84 Å². The summed E-state index contributed by atoms with van der Waals surface area (Å²) in [7, 11) is -3.18. The van der Waals surface area contributed by atoms with Crippen LogP contribution in [0.1, 0.15) is 52.4 Å². The van der Waals surface area contributed by atoms with Gasteiger partial charge in [0, 0.05) is 6.26 Å². The summed E-state index contributed by atoms with van der Waals surface area (Å²) in [6, 6.07) is 0. The second-order valence-electron chi connectivity index (χ2n) is 6.11. The van der Waals surface area contributed by atoms with Crippen LogP contribution in [-0.4, -0.2) is 26.4 Å². The lowest BCUT2D eigenvalue weighted by atomic mass is 9.80. The molecule has 1 aliphatic heterocycles. The molecule has 2 aliphatic rings. The van der Waals surface area contributed by atoms with Crippen LogP contribution in [0.4, 0.5) is 0 Å². The van der Waals surface area contributed by atoms with Crippen LogP contribution in [0.2, 0.25) is 0 Å². The third-order valence-electron chi connectivity index (χ3n) is 4.01. The van der Waals surface area contributed by atoms with Gasteiger partial charge in [-0.15, -0.1) is 0 Å². The van der Waals surface area contributed by atoms with Gasteiger partial charge in [-0.1, -0.05) is 37.0 Å². The Morgan fingerprint density at radius 3 is 2.47 bits per heavy atom. The Hall–Kier alpha value is -0.610. The first kappa shape index (κ1) is 14.8. The maximum atomic E-state index is 11.9. The highest BCUT2D eigenvalue weighted by molar-refractivity contribution is 7.94. The average molecular weight is 284 g/mol. The minimum atomic E-state index is -3.18. The smallest absolute Gasteiger partial charge is 0.174 e. The fourth-order valence-electron chi connectivity index (χ4n) is 3.08. The molecule has 0 aromatic rings. The van der Waals surface area contributed by atoms with Gasteiger partial charge in [0.25, 0.3) is 0 Å². The second-order valence-corrected chi connectivity index (χ2v) is 8.12. The number of ether oxygens (including phenoxy) is 1. The van der Waals surface area contributed by atoms with Gasteiger partial charge < -0.3 is 4.74 Å². The van der Waals surface area contributed by atoms with Crippen molar-refractivity contribution in [2.24, 2.45) is 0 Å². The van der Waals surface area contributed by atoms with Gasteiger partial charge >= 0.3 is 0 Å². The summed E-state index contributed by atoms with van der Waals surface area (Å²) in [5.41, 5.74) is 0.968. The van der Waals surface area contributed by atoms with Gasteiger partial charge in [-0.25, -0.2) is 8.42 Å². The second kappa shape index (κ2) is 5.41. The summed E-state index contributed by atoms with van der Waals surface area (Å²) in [6.07, 6.45) is 11.2. The molecule has 19 heavy (non-hydrogen) atoms. The molecule has 3 nitrogen and oxygen atoms in total. The Morgan fingerprint density at radius 1 is 1.32 bits per heavy atom. The van der Waals surface area contributed by atoms with Crippen molar-refractivity contribution in [1.82, 2.24) is 0 Å². The van der Waals surface area contributed by atoms with Crippen LogP contribution >= 0.6 is 0 Å². The molecule has 1 unspecified atom stereocenters. The monoisotopic (exact) mass is 284 g/mol. The van der Waals surface area contributed by atoms with Crippen LogP contribution in [-0.2, 0) is 14.6 Å². The Labute approximate surface area is 116 Å². The molecule has 1 heterocycles. The Morgan fingerprint density at radius 2 is 1.95 bits per heavy atom. The van der Waals surface area contributed by atoms with Crippen molar-refractivity contribution in [3.63, 3.8) is 0 Å². The lowest BCUT2D eigenvalue weighted by molar-refractivity contribution is -0.0892. The van der Waals surface area contributed by atoms with Gasteiger partial charge in [0.2, 0.25) is 0 Å². The lowest BCUT2D eigenvalue weighted by Crippen LogP contribution is -2.42. The van der Waals surface area contributed by atoms with Gasteiger partial charge in [0.1, 0.15) is 6.10 Å². The van der Waals surface area contributed by atoms with Gasteiger partial charge in [0.05, 0.1) is 10.5 Å². The van der Waals surface area contributed by atoms with E-state index in [9.17, 15) is 8.42 Å². The SMILES string of the molecule is CC(C)=CC1OC2(CC=C1S(C)(=O)=O)CCCCC2. The summed E-state index contributed by atoms with van der Waals surface area (Å²) in [5.74, 6) is 0. The molecule has 0 saturated heterocycles.